The average Bonchev–Trinajstić information content (AvgIpc) is 2.24. The van der Waals surface area contributed by atoms with E-state index in [2.05, 4.69) is 0 Å². The maximum absolute atomic E-state index is 11.0. The fourth-order valence-electron chi connectivity index (χ4n) is 1.07. The van der Waals surface area contributed by atoms with Crippen molar-refractivity contribution in [3.63, 3.8) is 0 Å². The predicted molar refractivity (Wildman–Crippen MR) is 63.7 cm³/mol. The summed E-state index contributed by atoms with van der Waals surface area (Å²) in [5.74, 6) is -0.394. The van der Waals surface area contributed by atoms with Crippen LogP contribution in [-0.2, 0) is 19.1 Å². The van der Waals surface area contributed by atoms with E-state index in [0.717, 1.165) is 8.87 Å². The zero-order chi connectivity index (χ0) is 12.4. The summed E-state index contributed by atoms with van der Waals surface area (Å²) in [4.78, 5) is 22.1. The summed E-state index contributed by atoms with van der Waals surface area (Å²) in [5, 5.41) is 0. The Morgan fingerprint density at radius 2 is 1.38 bits per heavy atom. The Morgan fingerprint density at radius 1 is 1.00 bits per heavy atom. The standard InChI is InChI=1S/2C5H9O2.ClH.Sn/c2*1-3-5(6)7-4-2;;/h2*1,3-4H2,2H3;1H;/q;;;+2/p-1. The molecular weight excluding hydrogens is 338 g/mol. The first-order valence-corrected chi connectivity index (χ1v) is 13.1. The van der Waals surface area contributed by atoms with Crippen LogP contribution in [0.5, 0.6) is 0 Å². The van der Waals surface area contributed by atoms with Gasteiger partial charge in [-0.25, -0.2) is 0 Å². The summed E-state index contributed by atoms with van der Waals surface area (Å²) < 4.78 is 11.0. The third-order valence-electron chi connectivity index (χ3n) is 1.81. The molecule has 16 heavy (non-hydrogen) atoms. The van der Waals surface area contributed by atoms with Crippen LogP contribution >= 0.6 is 8.92 Å². The van der Waals surface area contributed by atoms with Gasteiger partial charge in [0.1, 0.15) is 0 Å². The van der Waals surface area contributed by atoms with Crippen LogP contribution in [0.1, 0.15) is 26.7 Å². The first kappa shape index (κ1) is 16.0. The van der Waals surface area contributed by atoms with E-state index in [0.29, 0.717) is 26.1 Å². The zero-order valence-electron chi connectivity index (χ0n) is 9.75. The Kier molecular flexibility index (Phi) is 10.2. The second-order valence-corrected chi connectivity index (χ2v) is 12.5. The number of halogens is 1. The van der Waals surface area contributed by atoms with Crippen molar-refractivity contribution in [3.8, 4) is 0 Å². The number of esters is 2. The van der Waals surface area contributed by atoms with E-state index < -0.39 is 18.6 Å². The summed E-state index contributed by atoms with van der Waals surface area (Å²) in [6.45, 7) is 4.36. The molecule has 0 aromatic carbocycles. The van der Waals surface area contributed by atoms with E-state index in [1.807, 2.05) is 0 Å². The van der Waals surface area contributed by atoms with Crippen molar-refractivity contribution in [2.75, 3.05) is 13.2 Å². The van der Waals surface area contributed by atoms with Crippen molar-refractivity contribution in [2.45, 2.75) is 35.6 Å². The van der Waals surface area contributed by atoms with Crippen LogP contribution in [0.2, 0.25) is 8.87 Å². The second-order valence-electron chi connectivity index (χ2n) is 3.13. The maximum atomic E-state index is 11.0. The van der Waals surface area contributed by atoms with E-state index in [4.69, 9.17) is 18.4 Å². The van der Waals surface area contributed by atoms with Crippen LogP contribution in [0.3, 0.4) is 0 Å². The minimum absolute atomic E-state index is 0.197. The van der Waals surface area contributed by atoms with E-state index in [1.165, 1.54) is 0 Å². The molecule has 0 unspecified atom stereocenters. The number of hydrogen-bond donors (Lipinski definition) is 0. The fraction of sp³-hybridized carbons (Fsp3) is 0.800. The Hall–Kier alpha value is 0.0287. The van der Waals surface area contributed by atoms with Crippen molar-refractivity contribution in [3.05, 3.63) is 0 Å². The van der Waals surface area contributed by atoms with Crippen molar-refractivity contribution < 1.29 is 19.1 Å². The summed E-state index contributed by atoms with van der Waals surface area (Å²) in [6, 6.07) is 0. The Labute approximate surface area is 107 Å². The van der Waals surface area contributed by atoms with Crippen molar-refractivity contribution in [1.29, 1.82) is 0 Å². The van der Waals surface area contributed by atoms with Gasteiger partial charge in [0.05, 0.1) is 0 Å². The third kappa shape index (κ3) is 9.27. The molecule has 0 bridgehead atoms. The first-order valence-electron chi connectivity index (χ1n) is 5.41. The van der Waals surface area contributed by atoms with E-state index >= 15 is 0 Å². The van der Waals surface area contributed by atoms with E-state index in [1.54, 1.807) is 13.8 Å². The van der Waals surface area contributed by atoms with Crippen LogP contribution in [0.25, 0.3) is 0 Å². The van der Waals surface area contributed by atoms with Gasteiger partial charge < -0.3 is 0 Å². The van der Waals surface area contributed by atoms with Gasteiger partial charge >= 0.3 is 107 Å². The van der Waals surface area contributed by atoms with E-state index in [9.17, 15) is 9.59 Å². The molecule has 0 fully saturated rings. The summed E-state index contributed by atoms with van der Waals surface area (Å²) in [6.07, 6.45) is 0.768. The van der Waals surface area contributed by atoms with Gasteiger partial charge in [-0.2, -0.15) is 0 Å². The van der Waals surface area contributed by atoms with Gasteiger partial charge in [-0.3, -0.25) is 0 Å². The number of carbonyl (C=O) groups excluding carboxylic acids is 2. The van der Waals surface area contributed by atoms with Gasteiger partial charge in [-0.1, -0.05) is 0 Å². The first-order chi connectivity index (χ1) is 7.60. The zero-order valence-corrected chi connectivity index (χ0v) is 13.4. The van der Waals surface area contributed by atoms with Crippen LogP contribution < -0.4 is 0 Å². The van der Waals surface area contributed by atoms with Crippen molar-refractivity contribution in [1.82, 2.24) is 0 Å². The Morgan fingerprint density at radius 3 is 1.69 bits per heavy atom. The summed E-state index contributed by atoms with van der Waals surface area (Å²) >= 11 is -2.04. The molecule has 0 atom stereocenters. The molecule has 0 aromatic heterocycles. The second kappa shape index (κ2) is 10.2. The van der Waals surface area contributed by atoms with Crippen LogP contribution in [-0.4, -0.2) is 43.8 Å². The SMILES string of the molecule is CCOC(=O)C[CH2][Sn+]([Cl])[CH2]CC(=O)OCC. The normalized spacial score (nSPS) is 9.69. The molecule has 0 rings (SSSR count). The fourth-order valence-corrected chi connectivity index (χ4v) is 5.76. The van der Waals surface area contributed by atoms with Crippen LogP contribution in [0.15, 0.2) is 0 Å². The molecule has 4 nitrogen and oxygen atoms in total. The molecule has 0 aliphatic carbocycles. The van der Waals surface area contributed by atoms with Gasteiger partial charge in [0.15, 0.2) is 0 Å². The molecule has 0 amide bonds. The van der Waals surface area contributed by atoms with Crippen molar-refractivity contribution >= 4 is 39.5 Å². The van der Waals surface area contributed by atoms with Crippen molar-refractivity contribution in [2.24, 2.45) is 0 Å². The average molecular weight is 356 g/mol. The molecule has 92 valence electrons. The molecular formula is C10H18ClO4Sn+. The molecule has 0 saturated carbocycles. The quantitative estimate of drug-likeness (QED) is 0.494. The Balaban J connectivity index is 3.54. The summed E-state index contributed by atoms with van der Waals surface area (Å²) in [7, 11) is 6.15. The van der Waals surface area contributed by atoms with Crippen LogP contribution in [0, 0.1) is 0 Å². The number of ether oxygens (including phenoxy) is 2. The number of rotatable bonds is 8. The number of hydrogen-bond acceptors (Lipinski definition) is 4. The van der Waals surface area contributed by atoms with Gasteiger partial charge in [0, 0.05) is 0 Å². The molecule has 0 spiro atoms. The summed E-state index contributed by atoms with van der Waals surface area (Å²) in [5.41, 5.74) is 0. The third-order valence-corrected chi connectivity index (χ3v) is 8.87. The molecule has 0 N–H and O–H groups in total. The van der Waals surface area contributed by atoms with Gasteiger partial charge in [0.25, 0.3) is 0 Å². The molecule has 0 aromatic rings. The predicted octanol–water partition coefficient (Wildman–Crippen LogP) is 2.12. The van der Waals surface area contributed by atoms with E-state index in [-0.39, 0.29) is 11.9 Å². The van der Waals surface area contributed by atoms with Gasteiger partial charge in [-0.15, -0.1) is 0 Å². The Bertz CT molecular complexity index is 201. The molecule has 0 heterocycles. The minimum atomic E-state index is -2.04. The van der Waals surface area contributed by atoms with Crippen LogP contribution in [0.4, 0.5) is 0 Å². The topological polar surface area (TPSA) is 52.6 Å². The monoisotopic (exact) mass is 357 g/mol. The number of carbonyl (C=O) groups is 2. The van der Waals surface area contributed by atoms with Gasteiger partial charge in [-0.05, 0) is 0 Å². The molecule has 0 saturated heterocycles. The molecule has 0 aliphatic rings. The molecule has 0 radical (unpaired) electrons. The molecule has 6 heteroatoms. The molecule has 0 aliphatic heterocycles. The van der Waals surface area contributed by atoms with Gasteiger partial charge in [0.2, 0.25) is 0 Å².